The van der Waals surface area contributed by atoms with Gasteiger partial charge < -0.3 is 5.73 Å². The molecule has 0 fully saturated rings. The SMILES string of the molecule is Nc1ccc(-c2ccccc2)c2c1NN(c1ccccc1)S2. The molecule has 3 aromatic rings. The zero-order valence-corrected chi connectivity index (χ0v) is 12.7. The molecular weight excluding hydrogens is 290 g/mol. The molecule has 0 atom stereocenters. The van der Waals surface area contributed by atoms with Crippen molar-refractivity contribution >= 4 is 29.0 Å². The van der Waals surface area contributed by atoms with Crippen LogP contribution in [0, 0.1) is 0 Å². The van der Waals surface area contributed by atoms with Gasteiger partial charge in [0, 0.05) is 11.9 Å². The number of fused-ring (bicyclic) bond motifs is 1. The Morgan fingerprint density at radius 1 is 0.818 bits per heavy atom. The van der Waals surface area contributed by atoms with Crippen LogP contribution in [0.25, 0.3) is 11.1 Å². The summed E-state index contributed by atoms with van der Waals surface area (Å²) in [6.07, 6.45) is 0. The van der Waals surface area contributed by atoms with Gasteiger partial charge in [-0.1, -0.05) is 54.6 Å². The van der Waals surface area contributed by atoms with Crippen molar-refractivity contribution in [3.8, 4) is 11.1 Å². The number of rotatable bonds is 2. The number of hydrogen-bond donors (Lipinski definition) is 2. The molecule has 0 aliphatic carbocycles. The molecule has 4 heteroatoms. The van der Waals surface area contributed by atoms with Crippen molar-refractivity contribution in [3.63, 3.8) is 0 Å². The fraction of sp³-hybridized carbons (Fsp3) is 0. The van der Waals surface area contributed by atoms with E-state index in [-0.39, 0.29) is 0 Å². The third-order valence-electron chi connectivity index (χ3n) is 3.66. The fourth-order valence-corrected chi connectivity index (χ4v) is 3.64. The summed E-state index contributed by atoms with van der Waals surface area (Å²) in [5, 5.41) is 0. The Labute approximate surface area is 133 Å². The Balaban J connectivity index is 1.78. The second-order valence-electron chi connectivity index (χ2n) is 5.11. The minimum Gasteiger partial charge on any atom is -0.397 e. The lowest BCUT2D eigenvalue weighted by atomic mass is 10.0. The van der Waals surface area contributed by atoms with Crippen LogP contribution < -0.4 is 15.6 Å². The lowest BCUT2D eigenvalue weighted by Crippen LogP contribution is -2.16. The van der Waals surface area contributed by atoms with Gasteiger partial charge in [0.05, 0.1) is 22.0 Å². The van der Waals surface area contributed by atoms with E-state index in [4.69, 9.17) is 5.73 Å². The van der Waals surface area contributed by atoms with Crippen LogP contribution in [0.4, 0.5) is 17.1 Å². The van der Waals surface area contributed by atoms with Gasteiger partial charge in [-0.15, -0.1) is 0 Å². The molecule has 0 amide bonds. The van der Waals surface area contributed by atoms with E-state index in [0.29, 0.717) is 0 Å². The van der Waals surface area contributed by atoms with E-state index in [2.05, 4.69) is 47.9 Å². The number of para-hydroxylation sites is 1. The van der Waals surface area contributed by atoms with E-state index in [1.165, 1.54) is 11.1 Å². The number of hydrogen-bond acceptors (Lipinski definition) is 4. The number of nitrogen functional groups attached to an aromatic ring is 1. The standard InChI is InChI=1S/C18H15N3S/c19-16-12-11-15(13-7-3-1-4-8-13)18-17(16)20-21(22-18)14-9-5-2-6-10-14/h1-12,20H,19H2. The van der Waals surface area contributed by atoms with Crippen LogP contribution in [-0.4, -0.2) is 0 Å². The van der Waals surface area contributed by atoms with Crippen LogP contribution >= 0.6 is 11.9 Å². The predicted octanol–water partition coefficient (Wildman–Crippen LogP) is 4.79. The van der Waals surface area contributed by atoms with E-state index in [9.17, 15) is 0 Å². The first-order valence-corrected chi connectivity index (χ1v) is 7.88. The van der Waals surface area contributed by atoms with Crippen molar-refractivity contribution in [1.29, 1.82) is 0 Å². The van der Waals surface area contributed by atoms with Crippen LogP contribution in [-0.2, 0) is 0 Å². The lowest BCUT2D eigenvalue weighted by Gasteiger charge is -2.16. The Morgan fingerprint density at radius 3 is 2.23 bits per heavy atom. The van der Waals surface area contributed by atoms with Crippen molar-refractivity contribution < 1.29 is 0 Å². The van der Waals surface area contributed by atoms with E-state index in [0.717, 1.165) is 22.0 Å². The first-order valence-electron chi connectivity index (χ1n) is 7.10. The molecule has 0 radical (unpaired) electrons. The minimum atomic E-state index is 0.764. The topological polar surface area (TPSA) is 41.3 Å². The third kappa shape index (κ3) is 2.18. The zero-order valence-electron chi connectivity index (χ0n) is 11.9. The first kappa shape index (κ1) is 13.1. The van der Waals surface area contributed by atoms with Crippen LogP contribution in [0.5, 0.6) is 0 Å². The molecule has 108 valence electrons. The van der Waals surface area contributed by atoms with Crippen LogP contribution in [0.2, 0.25) is 0 Å². The summed E-state index contributed by atoms with van der Waals surface area (Å²) in [5.41, 5.74) is 14.8. The molecule has 3 N–H and O–H groups in total. The van der Waals surface area contributed by atoms with Gasteiger partial charge in [0.1, 0.15) is 0 Å². The first-order chi connectivity index (χ1) is 10.8. The molecule has 3 aromatic carbocycles. The molecule has 1 aliphatic heterocycles. The van der Waals surface area contributed by atoms with E-state index >= 15 is 0 Å². The van der Waals surface area contributed by atoms with Crippen LogP contribution in [0.1, 0.15) is 0 Å². The average Bonchev–Trinajstić information content (AvgIpc) is 3.03. The highest BCUT2D eigenvalue weighted by Crippen LogP contribution is 2.48. The number of benzene rings is 3. The van der Waals surface area contributed by atoms with Crippen molar-refractivity contribution in [2.24, 2.45) is 0 Å². The van der Waals surface area contributed by atoms with Crippen molar-refractivity contribution in [1.82, 2.24) is 0 Å². The lowest BCUT2D eigenvalue weighted by molar-refractivity contribution is 1.31. The Hall–Kier alpha value is -2.59. The molecule has 4 rings (SSSR count). The van der Waals surface area contributed by atoms with E-state index in [1.54, 1.807) is 11.9 Å². The predicted molar refractivity (Wildman–Crippen MR) is 94.7 cm³/mol. The molecule has 1 aliphatic rings. The Kier molecular flexibility index (Phi) is 3.16. The Morgan fingerprint density at radius 2 is 1.50 bits per heavy atom. The monoisotopic (exact) mass is 305 g/mol. The minimum absolute atomic E-state index is 0.764. The summed E-state index contributed by atoms with van der Waals surface area (Å²) in [5.74, 6) is 0. The normalized spacial score (nSPS) is 12.8. The van der Waals surface area contributed by atoms with E-state index < -0.39 is 0 Å². The number of anilines is 3. The highest BCUT2D eigenvalue weighted by Gasteiger charge is 2.25. The molecule has 3 nitrogen and oxygen atoms in total. The molecule has 0 unspecified atom stereocenters. The fourth-order valence-electron chi connectivity index (χ4n) is 2.55. The quantitative estimate of drug-likeness (QED) is 0.527. The van der Waals surface area contributed by atoms with Crippen LogP contribution in [0.3, 0.4) is 0 Å². The molecular formula is C18H15N3S. The maximum Gasteiger partial charge on any atom is 0.0941 e. The molecule has 0 saturated heterocycles. The van der Waals surface area contributed by atoms with Gasteiger partial charge in [0.2, 0.25) is 0 Å². The van der Waals surface area contributed by atoms with Gasteiger partial charge in [-0.25, -0.2) is 4.41 Å². The molecule has 0 spiro atoms. The Bertz CT molecular complexity index is 803. The summed E-state index contributed by atoms with van der Waals surface area (Å²) in [6, 6.07) is 24.7. The summed E-state index contributed by atoms with van der Waals surface area (Å²) in [4.78, 5) is 1.16. The van der Waals surface area contributed by atoms with Crippen molar-refractivity contribution in [2.45, 2.75) is 4.90 Å². The van der Waals surface area contributed by atoms with Gasteiger partial charge in [-0.3, -0.25) is 5.43 Å². The highest BCUT2D eigenvalue weighted by atomic mass is 32.2. The van der Waals surface area contributed by atoms with Gasteiger partial charge in [0.25, 0.3) is 0 Å². The third-order valence-corrected chi connectivity index (χ3v) is 4.75. The van der Waals surface area contributed by atoms with Gasteiger partial charge in [-0.05, 0) is 29.3 Å². The number of nitrogens with two attached hydrogens (primary N) is 1. The second kappa shape index (κ2) is 5.31. The average molecular weight is 305 g/mol. The van der Waals surface area contributed by atoms with Crippen LogP contribution in [0.15, 0.2) is 77.7 Å². The zero-order chi connectivity index (χ0) is 14.9. The molecule has 0 bridgehead atoms. The highest BCUT2D eigenvalue weighted by molar-refractivity contribution is 8.01. The summed E-state index contributed by atoms with van der Waals surface area (Å²) in [6.45, 7) is 0. The van der Waals surface area contributed by atoms with Crippen molar-refractivity contribution in [2.75, 3.05) is 15.6 Å². The summed E-state index contributed by atoms with van der Waals surface area (Å²) in [7, 11) is 0. The summed E-state index contributed by atoms with van der Waals surface area (Å²) < 4.78 is 2.05. The largest absolute Gasteiger partial charge is 0.397 e. The number of hydrazine groups is 1. The van der Waals surface area contributed by atoms with E-state index in [1.807, 2.05) is 34.7 Å². The molecule has 1 heterocycles. The van der Waals surface area contributed by atoms with Crippen molar-refractivity contribution in [3.05, 3.63) is 72.8 Å². The number of nitrogens with one attached hydrogen (secondary N) is 1. The molecule has 0 aromatic heterocycles. The van der Waals surface area contributed by atoms with Gasteiger partial charge >= 0.3 is 0 Å². The second-order valence-corrected chi connectivity index (χ2v) is 6.06. The van der Waals surface area contributed by atoms with Gasteiger partial charge in [0.15, 0.2) is 0 Å². The molecule has 22 heavy (non-hydrogen) atoms. The molecule has 0 saturated carbocycles. The number of nitrogens with zero attached hydrogens (tertiary/aromatic N) is 1. The maximum atomic E-state index is 6.16. The van der Waals surface area contributed by atoms with Gasteiger partial charge in [-0.2, -0.15) is 0 Å². The maximum absolute atomic E-state index is 6.16. The smallest absolute Gasteiger partial charge is 0.0941 e. The summed E-state index contributed by atoms with van der Waals surface area (Å²) >= 11 is 1.67.